The van der Waals surface area contributed by atoms with Gasteiger partial charge in [0, 0.05) is 19.5 Å². The number of aliphatic imine (C=N–C) groups is 1. The number of halogens is 2. The van der Waals surface area contributed by atoms with Gasteiger partial charge in [0.25, 0.3) is 0 Å². The first-order valence-electron chi connectivity index (χ1n) is 8.90. The van der Waals surface area contributed by atoms with E-state index in [0.29, 0.717) is 18.5 Å². The van der Waals surface area contributed by atoms with Gasteiger partial charge in [0.15, 0.2) is 5.96 Å². The number of guanidine groups is 1. The second-order valence-corrected chi connectivity index (χ2v) is 5.95. The second-order valence-electron chi connectivity index (χ2n) is 5.95. The number of benzene rings is 1. The highest BCUT2D eigenvalue weighted by Crippen LogP contribution is 2.10. The number of carbonyl (C=O) groups is 1. The molecule has 148 valence electrons. The van der Waals surface area contributed by atoms with Gasteiger partial charge < -0.3 is 15.4 Å². The summed E-state index contributed by atoms with van der Waals surface area (Å²) < 4.78 is 18.2. The van der Waals surface area contributed by atoms with Crippen LogP contribution in [-0.4, -0.2) is 32.1 Å². The fourth-order valence-corrected chi connectivity index (χ4v) is 2.30. The summed E-state index contributed by atoms with van der Waals surface area (Å²) >= 11 is 0. The van der Waals surface area contributed by atoms with Gasteiger partial charge in [-0.1, -0.05) is 25.0 Å². The fourth-order valence-electron chi connectivity index (χ4n) is 2.30. The van der Waals surface area contributed by atoms with Gasteiger partial charge >= 0.3 is 5.97 Å². The van der Waals surface area contributed by atoms with Crippen LogP contribution >= 0.6 is 24.0 Å². The number of aryl methyl sites for hydroxylation is 1. The topological polar surface area (TPSA) is 62.7 Å². The van der Waals surface area contributed by atoms with E-state index in [4.69, 9.17) is 0 Å². The minimum absolute atomic E-state index is 0. The first-order valence-corrected chi connectivity index (χ1v) is 8.90. The van der Waals surface area contributed by atoms with E-state index in [0.717, 1.165) is 50.3 Å². The molecule has 7 heteroatoms. The molecule has 0 unspecified atom stereocenters. The molecule has 0 saturated heterocycles. The maximum Gasteiger partial charge on any atom is 0.305 e. The van der Waals surface area contributed by atoms with Crippen molar-refractivity contribution in [1.82, 2.24) is 10.6 Å². The Hall–Kier alpha value is -1.38. The molecule has 0 radical (unpaired) electrons. The van der Waals surface area contributed by atoms with Crippen LogP contribution in [0.5, 0.6) is 0 Å². The number of esters is 1. The van der Waals surface area contributed by atoms with Crippen LogP contribution < -0.4 is 10.6 Å². The molecule has 0 fully saturated rings. The monoisotopic (exact) mass is 479 g/mol. The third kappa shape index (κ3) is 10.6. The maximum atomic E-state index is 13.6. The number of unbranched alkanes of at least 4 members (excludes halogenated alkanes) is 3. The molecule has 2 N–H and O–H groups in total. The number of rotatable bonds is 10. The van der Waals surface area contributed by atoms with E-state index in [2.05, 4.69) is 20.4 Å². The summed E-state index contributed by atoms with van der Waals surface area (Å²) in [5.74, 6) is 0.392. The first-order chi connectivity index (χ1) is 12.1. The molecule has 0 aliphatic rings. The number of nitrogens with one attached hydrogen (secondary N) is 2. The molecule has 1 rings (SSSR count). The lowest BCUT2D eigenvalue weighted by Crippen LogP contribution is -2.37. The third-order valence-electron chi connectivity index (χ3n) is 3.83. The molecule has 26 heavy (non-hydrogen) atoms. The van der Waals surface area contributed by atoms with Gasteiger partial charge in [-0.05, 0) is 43.9 Å². The predicted octanol–water partition coefficient (Wildman–Crippen LogP) is 3.93. The van der Waals surface area contributed by atoms with Crippen LogP contribution in [0.2, 0.25) is 0 Å². The lowest BCUT2D eigenvalue weighted by Gasteiger charge is -2.11. The first kappa shape index (κ1) is 24.6. The zero-order valence-corrected chi connectivity index (χ0v) is 18.3. The number of ether oxygens (including phenoxy) is 1. The van der Waals surface area contributed by atoms with Crippen molar-refractivity contribution in [2.75, 3.05) is 20.2 Å². The van der Waals surface area contributed by atoms with Crippen molar-refractivity contribution < 1.29 is 13.9 Å². The quantitative estimate of drug-likeness (QED) is 0.176. The molecule has 1 aromatic carbocycles. The second kappa shape index (κ2) is 14.8. The molecule has 0 amide bonds. The van der Waals surface area contributed by atoms with E-state index in [-0.39, 0.29) is 35.8 Å². The van der Waals surface area contributed by atoms with Gasteiger partial charge in [0.1, 0.15) is 5.82 Å². The summed E-state index contributed by atoms with van der Waals surface area (Å²) in [5, 5.41) is 6.47. The zero-order chi connectivity index (χ0) is 18.5. The molecule has 0 aromatic heterocycles. The Labute approximate surface area is 173 Å². The predicted molar refractivity (Wildman–Crippen MR) is 114 cm³/mol. The molecule has 5 nitrogen and oxygen atoms in total. The largest absolute Gasteiger partial charge is 0.469 e. The van der Waals surface area contributed by atoms with Gasteiger partial charge in [-0.15, -0.1) is 24.0 Å². The number of hydrogen-bond donors (Lipinski definition) is 2. The molecule has 0 aliphatic heterocycles. The van der Waals surface area contributed by atoms with Crippen molar-refractivity contribution in [3.8, 4) is 0 Å². The van der Waals surface area contributed by atoms with Crippen LogP contribution in [0.15, 0.2) is 23.2 Å². The zero-order valence-electron chi connectivity index (χ0n) is 15.9. The van der Waals surface area contributed by atoms with Crippen LogP contribution in [-0.2, 0) is 16.1 Å². The van der Waals surface area contributed by atoms with E-state index in [1.54, 1.807) is 13.0 Å². The normalized spacial score (nSPS) is 10.8. The molecule has 0 atom stereocenters. The highest BCUT2D eigenvalue weighted by molar-refractivity contribution is 14.0. The highest BCUT2D eigenvalue weighted by Gasteiger charge is 2.02. The number of nitrogens with zero attached hydrogens (tertiary/aromatic N) is 1. The molecule has 0 bridgehead atoms. The summed E-state index contributed by atoms with van der Waals surface area (Å²) in [6.45, 7) is 5.78. The maximum absolute atomic E-state index is 13.6. The summed E-state index contributed by atoms with van der Waals surface area (Å²) in [6, 6.07) is 5.20. The molecule has 0 aliphatic carbocycles. The third-order valence-corrected chi connectivity index (χ3v) is 3.83. The number of methoxy groups -OCH3 is 1. The number of hydrogen-bond acceptors (Lipinski definition) is 3. The van der Waals surface area contributed by atoms with Gasteiger partial charge in [-0.2, -0.15) is 0 Å². The van der Waals surface area contributed by atoms with Crippen molar-refractivity contribution >= 4 is 35.9 Å². The standard InChI is InChI=1S/C19H30FN3O2.HI/c1-4-21-19(22-12-8-6-5-7-9-18(24)25-3)23-14-16-11-10-15(2)17(20)13-16;/h10-11,13H,4-9,12,14H2,1-3H3,(H2,21,22,23);1H. The average molecular weight is 479 g/mol. The van der Waals surface area contributed by atoms with Crippen molar-refractivity contribution in [2.24, 2.45) is 4.99 Å². The minimum atomic E-state index is -0.197. The summed E-state index contributed by atoms with van der Waals surface area (Å²) in [7, 11) is 1.42. The summed E-state index contributed by atoms with van der Waals surface area (Å²) in [4.78, 5) is 15.5. The van der Waals surface area contributed by atoms with Gasteiger partial charge in [0.05, 0.1) is 13.7 Å². The lowest BCUT2D eigenvalue weighted by atomic mass is 10.1. The Morgan fingerprint density at radius 2 is 1.92 bits per heavy atom. The van der Waals surface area contributed by atoms with Gasteiger partial charge in [-0.25, -0.2) is 9.38 Å². The lowest BCUT2D eigenvalue weighted by molar-refractivity contribution is -0.140. The molecular formula is C19H31FIN3O2. The van der Waals surface area contributed by atoms with Crippen LogP contribution in [0.25, 0.3) is 0 Å². The molecule has 1 aromatic rings. The fraction of sp³-hybridized carbons (Fsp3) is 0.579. The van der Waals surface area contributed by atoms with Crippen LogP contribution in [0, 0.1) is 12.7 Å². The van der Waals surface area contributed by atoms with E-state index in [1.807, 2.05) is 13.0 Å². The Morgan fingerprint density at radius 3 is 2.58 bits per heavy atom. The van der Waals surface area contributed by atoms with E-state index in [1.165, 1.54) is 13.2 Å². The van der Waals surface area contributed by atoms with Crippen LogP contribution in [0.4, 0.5) is 4.39 Å². The van der Waals surface area contributed by atoms with Crippen LogP contribution in [0.1, 0.15) is 50.2 Å². The molecule has 0 spiro atoms. The van der Waals surface area contributed by atoms with Gasteiger partial charge in [-0.3, -0.25) is 4.79 Å². The SMILES string of the molecule is CCNC(=NCc1ccc(C)c(F)c1)NCCCCCCC(=O)OC.I. The molecular weight excluding hydrogens is 448 g/mol. The van der Waals surface area contributed by atoms with E-state index >= 15 is 0 Å². The van der Waals surface area contributed by atoms with Crippen molar-refractivity contribution in [2.45, 2.75) is 52.5 Å². The van der Waals surface area contributed by atoms with Crippen molar-refractivity contribution in [3.05, 3.63) is 35.1 Å². The molecule has 0 heterocycles. The minimum Gasteiger partial charge on any atom is -0.469 e. The smallest absolute Gasteiger partial charge is 0.305 e. The molecule has 0 saturated carbocycles. The summed E-state index contributed by atoms with van der Waals surface area (Å²) in [5.41, 5.74) is 1.49. The Bertz CT molecular complexity index is 568. The Balaban J connectivity index is 0.00000625. The Morgan fingerprint density at radius 1 is 1.19 bits per heavy atom. The van der Waals surface area contributed by atoms with E-state index < -0.39 is 0 Å². The average Bonchev–Trinajstić information content (AvgIpc) is 2.61. The number of carbonyl (C=O) groups excluding carboxylic acids is 1. The van der Waals surface area contributed by atoms with Crippen molar-refractivity contribution in [1.29, 1.82) is 0 Å². The van der Waals surface area contributed by atoms with Crippen LogP contribution in [0.3, 0.4) is 0 Å². The van der Waals surface area contributed by atoms with Gasteiger partial charge in [0.2, 0.25) is 0 Å². The highest BCUT2D eigenvalue weighted by atomic mass is 127. The Kier molecular flexibility index (Phi) is 14.0. The summed E-state index contributed by atoms with van der Waals surface area (Å²) in [6.07, 6.45) is 4.41. The van der Waals surface area contributed by atoms with E-state index in [9.17, 15) is 9.18 Å². The van der Waals surface area contributed by atoms with Crippen molar-refractivity contribution in [3.63, 3.8) is 0 Å².